The van der Waals surface area contributed by atoms with Gasteiger partial charge in [0.15, 0.2) is 0 Å². The monoisotopic (exact) mass is 324 g/mol. The number of nitrogens with zero attached hydrogens (tertiary/aromatic N) is 2. The first-order valence-corrected chi connectivity index (χ1v) is 8.34. The Labute approximate surface area is 144 Å². The average Bonchev–Trinajstić information content (AvgIpc) is 2.92. The van der Waals surface area contributed by atoms with Gasteiger partial charge in [0.2, 0.25) is 0 Å². The van der Waals surface area contributed by atoms with Gasteiger partial charge in [-0.1, -0.05) is 48.0 Å². The number of aryl methyl sites for hydroxylation is 1. The highest BCUT2D eigenvalue weighted by molar-refractivity contribution is 5.97. The Morgan fingerprint density at radius 1 is 0.840 bits per heavy atom. The SMILES string of the molecule is Cc1cccc(-c2c3c4ccccc4c(=O)n-3cc3ccccn23)c1. The summed E-state index contributed by atoms with van der Waals surface area (Å²) in [5, 5.41) is 1.74. The third-order valence-electron chi connectivity index (χ3n) is 4.78. The van der Waals surface area contributed by atoms with Gasteiger partial charge in [-0.05, 0) is 31.2 Å². The largest absolute Gasteiger partial charge is 0.313 e. The van der Waals surface area contributed by atoms with Crippen LogP contribution in [0, 0.1) is 6.92 Å². The number of hydrogen-bond donors (Lipinski definition) is 0. The number of hydrogen-bond acceptors (Lipinski definition) is 1. The molecule has 2 aliphatic rings. The zero-order valence-corrected chi connectivity index (χ0v) is 13.8. The maximum atomic E-state index is 12.9. The second-order valence-electron chi connectivity index (χ2n) is 6.41. The molecule has 3 heterocycles. The molecular formula is C22H16N2O. The molecule has 0 aliphatic carbocycles. The van der Waals surface area contributed by atoms with Crippen LogP contribution in [0.2, 0.25) is 0 Å². The van der Waals surface area contributed by atoms with Crippen molar-refractivity contribution in [2.24, 2.45) is 0 Å². The van der Waals surface area contributed by atoms with Gasteiger partial charge in [0.1, 0.15) is 0 Å². The summed E-state index contributed by atoms with van der Waals surface area (Å²) in [7, 11) is 0. The molecule has 0 N–H and O–H groups in total. The summed E-state index contributed by atoms with van der Waals surface area (Å²) in [6, 6.07) is 22.3. The number of fused-ring (bicyclic) bond motifs is 4. The fourth-order valence-electron chi connectivity index (χ4n) is 3.68. The topological polar surface area (TPSA) is 26.4 Å². The molecule has 0 unspecified atom stereocenters. The molecule has 0 spiro atoms. The predicted octanol–water partition coefficient (Wildman–Crippen LogP) is 4.66. The van der Waals surface area contributed by atoms with Crippen molar-refractivity contribution in [2.75, 3.05) is 0 Å². The van der Waals surface area contributed by atoms with E-state index in [0.717, 1.165) is 33.2 Å². The van der Waals surface area contributed by atoms with E-state index in [9.17, 15) is 4.79 Å². The van der Waals surface area contributed by atoms with Gasteiger partial charge in [0, 0.05) is 28.7 Å². The number of pyridine rings is 1. The Balaban J connectivity index is 2.09. The van der Waals surface area contributed by atoms with Gasteiger partial charge in [-0.2, -0.15) is 0 Å². The lowest BCUT2D eigenvalue weighted by molar-refractivity contribution is 0.990. The Kier molecular flexibility index (Phi) is 2.86. The Bertz CT molecular complexity index is 1280. The van der Waals surface area contributed by atoms with Crippen LogP contribution in [0.25, 0.3) is 33.2 Å². The Morgan fingerprint density at radius 2 is 1.64 bits per heavy atom. The summed E-state index contributed by atoms with van der Waals surface area (Å²) < 4.78 is 3.95. The first-order chi connectivity index (χ1) is 12.2. The van der Waals surface area contributed by atoms with Crippen molar-refractivity contribution < 1.29 is 0 Å². The third-order valence-corrected chi connectivity index (χ3v) is 4.78. The third kappa shape index (κ3) is 1.96. The fraction of sp³-hybridized carbons (Fsp3) is 0.0455. The van der Waals surface area contributed by atoms with Crippen molar-refractivity contribution in [1.82, 2.24) is 8.97 Å². The molecule has 5 rings (SSSR count). The van der Waals surface area contributed by atoms with Gasteiger partial charge in [-0.3, -0.25) is 9.36 Å². The smallest absolute Gasteiger partial charge is 0.263 e. The molecule has 25 heavy (non-hydrogen) atoms. The van der Waals surface area contributed by atoms with Gasteiger partial charge in [-0.25, -0.2) is 0 Å². The van der Waals surface area contributed by atoms with Gasteiger partial charge < -0.3 is 4.40 Å². The van der Waals surface area contributed by atoms with E-state index in [1.54, 1.807) is 4.57 Å². The van der Waals surface area contributed by atoms with Crippen molar-refractivity contribution in [1.29, 1.82) is 0 Å². The molecule has 0 saturated carbocycles. The summed E-state index contributed by atoms with van der Waals surface area (Å²) >= 11 is 0. The lowest BCUT2D eigenvalue weighted by atomic mass is 10.0. The highest BCUT2D eigenvalue weighted by Gasteiger charge is 2.21. The lowest BCUT2D eigenvalue weighted by Crippen LogP contribution is -2.14. The van der Waals surface area contributed by atoms with Gasteiger partial charge in [0.25, 0.3) is 5.56 Å². The predicted molar refractivity (Wildman–Crippen MR) is 102 cm³/mol. The minimum atomic E-state index is 0.0332. The summed E-state index contributed by atoms with van der Waals surface area (Å²) in [5.41, 5.74) is 5.32. The summed E-state index contributed by atoms with van der Waals surface area (Å²) in [6.45, 7) is 2.09. The summed E-state index contributed by atoms with van der Waals surface area (Å²) in [5.74, 6) is 0. The molecule has 0 fully saturated rings. The number of aromatic nitrogens is 2. The van der Waals surface area contributed by atoms with E-state index in [0.29, 0.717) is 0 Å². The van der Waals surface area contributed by atoms with Crippen LogP contribution in [0.1, 0.15) is 5.56 Å². The highest BCUT2D eigenvalue weighted by Crippen LogP contribution is 2.34. The molecular weight excluding hydrogens is 308 g/mol. The van der Waals surface area contributed by atoms with Crippen LogP contribution < -0.4 is 5.56 Å². The van der Waals surface area contributed by atoms with Crippen molar-refractivity contribution >= 4 is 16.3 Å². The van der Waals surface area contributed by atoms with Crippen molar-refractivity contribution in [2.45, 2.75) is 6.92 Å². The normalized spacial score (nSPS) is 11.6. The van der Waals surface area contributed by atoms with Gasteiger partial charge in [-0.15, -0.1) is 0 Å². The van der Waals surface area contributed by atoms with Gasteiger partial charge in [0.05, 0.1) is 16.9 Å². The molecule has 0 saturated heterocycles. The quantitative estimate of drug-likeness (QED) is 0.440. The van der Waals surface area contributed by atoms with E-state index in [2.05, 4.69) is 41.8 Å². The Morgan fingerprint density at radius 3 is 2.48 bits per heavy atom. The van der Waals surface area contributed by atoms with E-state index < -0.39 is 0 Å². The van der Waals surface area contributed by atoms with E-state index >= 15 is 0 Å². The van der Waals surface area contributed by atoms with Crippen molar-refractivity contribution in [3.05, 3.63) is 95.0 Å². The molecule has 3 heteroatoms. The minimum absolute atomic E-state index is 0.0332. The molecule has 2 aliphatic heterocycles. The molecule has 1 aromatic heterocycles. The van der Waals surface area contributed by atoms with E-state index in [1.165, 1.54) is 5.56 Å². The van der Waals surface area contributed by atoms with Crippen LogP contribution in [0.4, 0.5) is 0 Å². The van der Waals surface area contributed by atoms with Crippen LogP contribution in [-0.2, 0) is 0 Å². The zero-order chi connectivity index (χ0) is 17.0. The van der Waals surface area contributed by atoms with E-state index in [1.807, 2.05) is 48.7 Å². The fourth-order valence-corrected chi connectivity index (χ4v) is 3.68. The number of benzene rings is 2. The second kappa shape index (κ2) is 5.08. The van der Waals surface area contributed by atoms with Crippen LogP contribution in [-0.4, -0.2) is 8.97 Å². The Hall–Kier alpha value is -3.33. The minimum Gasteiger partial charge on any atom is -0.313 e. The van der Waals surface area contributed by atoms with Crippen LogP contribution >= 0.6 is 0 Å². The standard InChI is InChI=1S/C22H16N2O/c1-15-7-6-8-16(13-15)20-21-18-10-2-3-11-19(18)22(25)24(21)14-17-9-4-5-12-23(17)20/h2-14H,1H3. The zero-order valence-electron chi connectivity index (χ0n) is 13.8. The highest BCUT2D eigenvalue weighted by atomic mass is 16.1. The average molecular weight is 324 g/mol. The molecule has 0 radical (unpaired) electrons. The van der Waals surface area contributed by atoms with Crippen molar-refractivity contribution in [3.8, 4) is 16.9 Å². The maximum Gasteiger partial charge on any atom is 0.263 e. The molecule has 120 valence electrons. The summed E-state index contributed by atoms with van der Waals surface area (Å²) in [4.78, 5) is 12.9. The molecule has 3 aromatic rings. The molecule has 0 amide bonds. The van der Waals surface area contributed by atoms with Crippen molar-refractivity contribution in [3.63, 3.8) is 0 Å². The summed E-state index contributed by atoms with van der Waals surface area (Å²) in [6.07, 6.45) is 3.98. The first-order valence-electron chi connectivity index (χ1n) is 8.34. The first kappa shape index (κ1) is 14.1. The van der Waals surface area contributed by atoms with Crippen LogP contribution in [0.15, 0.2) is 83.9 Å². The molecule has 3 nitrogen and oxygen atoms in total. The second-order valence-corrected chi connectivity index (χ2v) is 6.41. The molecule has 0 atom stereocenters. The van der Waals surface area contributed by atoms with E-state index in [-0.39, 0.29) is 5.56 Å². The van der Waals surface area contributed by atoms with Crippen LogP contribution in [0.3, 0.4) is 0 Å². The van der Waals surface area contributed by atoms with Gasteiger partial charge >= 0.3 is 0 Å². The molecule has 0 bridgehead atoms. The lowest BCUT2D eigenvalue weighted by Gasteiger charge is -2.17. The maximum absolute atomic E-state index is 12.9. The number of rotatable bonds is 1. The van der Waals surface area contributed by atoms with E-state index in [4.69, 9.17) is 0 Å². The molecule has 2 aromatic carbocycles. The van der Waals surface area contributed by atoms with Crippen LogP contribution in [0.5, 0.6) is 0 Å².